The van der Waals surface area contributed by atoms with Crippen LogP contribution >= 0.6 is 0 Å². The fourth-order valence-electron chi connectivity index (χ4n) is 1.32. The van der Waals surface area contributed by atoms with E-state index in [4.69, 9.17) is 0 Å². The van der Waals surface area contributed by atoms with Gasteiger partial charge >= 0.3 is 0 Å². The third kappa shape index (κ3) is 1.73. The van der Waals surface area contributed by atoms with E-state index >= 15 is 0 Å². The molecule has 0 bridgehead atoms. The highest BCUT2D eigenvalue weighted by atomic mass is 15.3. The van der Waals surface area contributed by atoms with Crippen molar-refractivity contribution in [1.82, 2.24) is 5.43 Å². The van der Waals surface area contributed by atoms with Crippen molar-refractivity contribution in [2.24, 2.45) is 11.0 Å². The van der Waals surface area contributed by atoms with E-state index in [0.29, 0.717) is 6.04 Å². The molecule has 0 amide bonds. The minimum absolute atomic E-state index is 0.713. The van der Waals surface area contributed by atoms with Crippen LogP contribution in [0, 0.1) is 5.92 Å². The molecule has 0 aromatic carbocycles. The van der Waals surface area contributed by atoms with Gasteiger partial charge < -0.3 is 5.43 Å². The molecule has 0 aromatic heterocycles. The molecule has 0 atom stereocenters. The molecule has 0 aliphatic heterocycles. The largest absolute Gasteiger partial charge is 0.307 e. The normalized spacial score (nSPS) is 26.5. The van der Waals surface area contributed by atoms with Crippen LogP contribution in [-0.2, 0) is 0 Å². The Labute approximate surface area is 68.1 Å². The van der Waals surface area contributed by atoms with E-state index in [1.807, 2.05) is 0 Å². The predicted octanol–water partition coefficient (Wildman–Crippen LogP) is 1.91. The summed E-state index contributed by atoms with van der Waals surface area (Å²) in [4.78, 5) is 0. The topological polar surface area (TPSA) is 24.4 Å². The van der Waals surface area contributed by atoms with Gasteiger partial charge in [-0.25, -0.2) is 0 Å². The summed E-state index contributed by atoms with van der Waals surface area (Å²) < 4.78 is 0. The smallest absolute Gasteiger partial charge is 0.0441 e. The zero-order chi connectivity index (χ0) is 7.68. The van der Waals surface area contributed by atoms with Crippen LogP contribution in [0.2, 0.25) is 0 Å². The number of nitrogens with zero attached hydrogens (tertiary/aromatic N) is 1. The lowest BCUT2D eigenvalue weighted by molar-refractivity contribution is 0.409. The molecule has 2 fully saturated rings. The highest BCUT2D eigenvalue weighted by Crippen LogP contribution is 2.27. The third-order valence-corrected chi connectivity index (χ3v) is 2.70. The van der Waals surface area contributed by atoms with Crippen LogP contribution in [0.4, 0.5) is 0 Å². The minimum atomic E-state index is 0.713. The van der Waals surface area contributed by atoms with Gasteiger partial charge in [0, 0.05) is 11.8 Å². The first-order valence-electron chi connectivity index (χ1n) is 4.66. The van der Waals surface area contributed by atoms with Gasteiger partial charge in [0.1, 0.15) is 0 Å². The number of nitrogens with one attached hydrogen (secondary N) is 1. The van der Waals surface area contributed by atoms with Crippen LogP contribution in [0.3, 0.4) is 0 Å². The Morgan fingerprint density at radius 1 is 1.27 bits per heavy atom. The average Bonchev–Trinajstić information content (AvgIpc) is 2.61. The lowest BCUT2D eigenvalue weighted by atomic mass is 9.82. The van der Waals surface area contributed by atoms with Crippen LogP contribution < -0.4 is 5.43 Å². The van der Waals surface area contributed by atoms with Gasteiger partial charge in [-0.1, -0.05) is 6.42 Å². The zero-order valence-electron chi connectivity index (χ0n) is 7.14. The number of hydrazone groups is 1. The van der Waals surface area contributed by atoms with E-state index in [-0.39, 0.29) is 0 Å². The first kappa shape index (κ1) is 7.14. The van der Waals surface area contributed by atoms with E-state index in [1.165, 1.54) is 37.8 Å². The van der Waals surface area contributed by atoms with Crippen molar-refractivity contribution in [2.75, 3.05) is 0 Å². The molecule has 2 rings (SSSR count). The van der Waals surface area contributed by atoms with Gasteiger partial charge in [-0.05, 0) is 38.5 Å². The molecular weight excluding hydrogens is 136 g/mol. The Bertz CT molecular complexity index is 166. The molecule has 0 aromatic rings. The second-order valence-corrected chi connectivity index (χ2v) is 3.78. The van der Waals surface area contributed by atoms with Crippen LogP contribution in [0.15, 0.2) is 5.10 Å². The van der Waals surface area contributed by atoms with Crippen molar-refractivity contribution in [3.8, 4) is 0 Å². The highest BCUT2D eigenvalue weighted by Gasteiger charge is 2.23. The summed E-state index contributed by atoms with van der Waals surface area (Å²) in [5.41, 5.74) is 4.52. The first-order valence-corrected chi connectivity index (χ1v) is 4.66. The molecule has 0 radical (unpaired) electrons. The van der Waals surface area contributed by atoms with Crippen LogP contribution in [0.1, 0.15) is 39.0 Å². The Balaban J connectivity index is 1.76. The second-order valence-electron chi connectivity index (χ2n) is 3.78. The van der Waals surface area contributed by atoms with Crippen molar-refractivity contribution < 1.29 is 0 Å². The third-order valence-electron chi connectivity index (χ3n) is 2.70. The Morgan fingerprint density at radius 2 is 2.00 bits per heavy atom. The lowest BCUT2D eigenvalue weighted by Crippen LogP contribution is -2.22. The maximum atomic E-state index is 4.37. The summed E-state index contributed by atoms with van der Waals surface area (Å²) in [6.45, 7) is 2.15. The van der Waals surface area contributed by atoms with Crippen molar-refractivity contribution in [1.29, 1.82) is 0 Å². The van der Waals surface area contributed by atoms with Gasteiger partial charge in [0.05, 0.1) is 0 Å². The molecule has 1 N–H and O–H groups in total. The van der Waals surface area contributed by atoms with Gasteiger partial charge in [-0.15, -0.1) is 0 Å². The second kappa shape index (κ2) is 2.84. The summed E-state index contributed by atoms with van der Waals surface area (Å²) in [5, 5.41) is 4.37. The first-order chi connectivity index (χ1) is 5.36. The summed E-state index contributed by atoms with van der Waals surface area (Å²) >= 11 is 0. The number of hydrogen-bond acceptors (Lipinski definition) is 2. The molecule has 0 saturated heterocycles. The molecule has 2 aliphatic carbocycles. The summed E-state index contributed by atoms with van der Waals surface area (Å²) in [7, 11) is 0. The van der Waals surface area contributed by atoms with E-state index in [9.17, 15) is 0 Å². The standard InChI is InChI=1S/C9H16N2/c1-7(8-3-2-4-8)10-11-9-5-6-9/h8-9,11H,2-6H2,1H3/b10-7+. The van der Waals surface area contributed by atoms with E-state index in [2.05, 4.69) is 17.5 Å². The SMILES string of the molecule is C/C(=N\NC1CC1)C1CCC1. The number of rotatable bonds is 3. The fraction of sp³-hybridized carbons (Fsp3) is 0.889. The lowest BCUT2D eigenvalue weighted by Gasteiger charge is -2.24. The Hall–Kier alpha value is -0.530. The quantitative estimate of drug-likeness (QED) is 0.485. The van der Waals surface area contributed by atoms with Crippen molar-refractivity contribution in [3.05, 3.63) is 0 Å². The molecule has 2 nitrogen and oxygen atoms in total. The number of hydrogen-bond donors (Lipinski definition) is 1. The fourth-order valence-corrected chi connectivity index (χ4v) is 1.32. The Morgan fingerprint density at radius 3 is 2.45 bits per heavy atom. The predicted molar refractivity (Wildman–Crippen MR) is 46.6 cm³/mol. The summed E-state index contributed by atoms with van der Waals surface area (Å²) in [6, 6.07) is 0.713. The summed E-state index contributed by atoms with van der Waals surface area (Å²) in [5.74, 6) is 0.807. The molecule has 2 aliphatic rings. The van der Waals surface area contributed by atoms with Crippen LogP contribution in [0.25, 0.3) is 0 Å². The minimum Gasteiger partial charge on any atom is -0.307 e. The maximum Gasteiger partial charge on any atom is 0.0441 e. The maximum absolute atomic E-state index is 4.37. The van der Waals surface area contributed by atoms with Crippen molar-refractivity contribution in [3.63, 3.8) is 0 Å². The van der Waals surface area contributed by atoms with Gasteiger partial charge in [0.15, 0.2) is 0 Å². The monoisotopic (exact) mass is 152 g/mol. The van der Waals surface area contributed by atoms with E-state index < -0.39 is 0 Å². The molecule has 0 spiro atoms. The van der Waals surface area contributed by atoms with Crippen LogP contribution in [0.5, 0.6) is 0 Å². The van der Waals surface area contributed by atoms with Crippen molar-refractivity contribution >= 4 is 5.71 Å². The average molecular weight is 152 g/mol. The van der Waals surface area contributed by atoms with Crippen molar-refractivity contribution in [2.45, 2.75) is 45.1 Å². The van der Waals surface area contributed by atoms with E-state index in [0.717, 1.165) is 5.92 Å². The van der Waals surface area contributed by atoms with E-state index in [1.54, 1.807) is 0 Å². The molecule has 0 heterocycles. The molecule has 62 valence electrons. The zero-order valence-corrected chi connectivity index (χ0v) is 7.14. The van der Waals surface area contributed by atoms with Gasteiger partial charge in [-0.3, -0.25) is 0 Å². The Kier molecular flexibility index (Phi) is 1.84. The molecule has 2 heteroatoms. The van der Waals surface area contributed by atoms with Gasteiger partial charge in [0.25, 0.3) is 0 Å². The highest BCUT2D eigenvalue weighted by molar-refractivity contribution is 5.84. The molecule has 2 saturated carbocycles. The van der Waals surface area contributed by atoms with Gasteiger partial charge in [0.2, 0.25) is 0 Å². The van der Waals surface area contributed by atoms with Gasteiger partial charge in [-0.2, -0.15) is 5.10 Å². The van der Waals surface area contributed by atoms with Crippen LogP contribution in [-0.4, -0.2) is 11.8 Å². The summed E-state index contributed by atoms with van der Waals surface area (Å²) in [6.07, 6.45) is 6.77. The molecular formula is C9H16N2. The molecule has 0 unspecified atom stereocenters. The molecule has 11 heavy (non-hydrogen) atoms.